The molecular formula is C14H21ClN4O3. The van der Waals surface area contributed by atoms with Crippen molar-refractivity contribution in [3.63, 3.8) is 0 Å². The van der Waals surface area contributed by atoms with Gasteiger partial charge < -0.3 is 14.8 Å². The number of nitrogens with zero attached hydrogens (tertiary/aromatic N) is 2. The normalized spacial score (nSPS) is 24.3. The van der Waals surface area contributed by atoms with Crippen LogP contribution in [0.4, 0.5) is 5.69 Å². The van der Waals surface area contributed by atoms with Crippen LogP contribution in [0.5, 0.6) is 0 Å². The van der Waals surface area contributed by atoms with Crippen LogP contribution in [0.2, 0.25) is 5.02 Å². The molecule has 2 fully saturated rings. The van der Waals surface area contributed by atoms with Gasteiger partial charge in [0.15, 0.2) is 0 Å². The molecular weight excluding hydrogens is 308 g/mol. The summed E-state index contributed by atoms with van der Waals surface area (Å²) in [6.07, 6.45) is 2.61. The Labute approximate surface area is 133 Å². The molecule has 0 aliphatic carbocycles. The lowest BCUT2D eigenvalue weighted by Crippen LogP contribution is -2.50. The number of aromatic amines is 1. The van der Waals surface area contributed by atoms with Gasteiger partial charge in [-0.1, -0.05) is 11.6 Å². The maximum Gasteiger partial charge on any atom is 0.285 e. The van der Waals surface area contributed by atoms with Crippen molar-refractivity contribution in [1.29, 1.82) is 0 Å². The summed E-state index contributed by atoms with van der Waals surface area (Å²) in [7, 11) is 0. The van der Waals surface area contributed by atoms with Crippen molar-refractivity contribution in [3.05, 3.63) is 21.6 Å². The maximum absolute atomic E-state index is 11.5. The van der Waals surface area contributed by atoms with Gasteiger partial charge in [-0.3, -0.25) is 9.69 Å². The van der Waals surface area contributed by atoms with Crippen LogP contribution in [-0.2, 0) is 9.47 Å². The number of H-pyrrole nitrogens is 1. The summed E-state index contributed by atoms with van der Waals surface area (Å²) in [6, 6.07) is 0.335. The second kappa shape index (κ2) is 7.41. The molecule has 2 atom stereocenters. The van der Waals surface area contributed by atoms with Crippen LogP contribution in [0.1, 0.15) is 6.42 Å². The molecule has 0 spiro atoms. The van der Waals surface area contributed by atoms with Gasteiger partial charge in [0.2, 0.25) is 0 Å². The minimum absolute atomic E-state index is 0.151. The SMILES string of the molecule is O=c1[nH]ncc(NC[C@@H]([C@@H]2CCOC2)N2CCOCC2)c1Cl. The summed E-state index contributed by atoms with van der Waals surface area (Å²) in [6.45, 7) is 5.67. The largest absolute Gasteiger partial charge is 0.381 e. The van der Waals surface area contributed by atoms with Gasteiger partial charge in [-0.05, 0) is 6.42 Å². The topological polar surface area (TPSA) is 79.5 Å². The molecule has 0 aromatic carbocycles. The van der Waals surface area contributed by atoms with Crippen molar-refractivity contribution in [2.75, 3.05) is 51.4 Å². The molecule has 0 radical (unpaired) electrons. The van der Waals surface area contributed by atoms with E-state index in [9.17, 15) is 4.79 Å². The van der Waals surface area contributed by atoms with E-state index < -0.39 is 0 Å². The number of anilines is 1. The molecule has 2 aliphatic rings. The molecule has 0 bridgehead atoms. The standard InChI is InChI=1S/C14H21ClN4O3/c15-13-11(7-17-18-14(13)20)16-8-12(10-1-4-22-9-10)19-2-5-21-6-3-19/h7,10,12H,1-6,8-9H2,(H2,16,18,20)/t10-,12+/m1/s1. The number of aromatic nitrogens is 2. The van der Waals surface area contributed by atoms with Crippen molar-refractivity contribution >= 4 is 17.3 Å². The van der Waals surface area contributed by atoms with Crippen LogP contribution in [0.25, 0.3) is 0 Å². The number of hydrogen-bond donors (Lipinski definition) is 2. The Balaban J connectivity index is 1.69. The minimum atomic E-state index is -0.376. The molecule has 0 saturated carbocycles. The lowest BCUT2D eigenvalue weighted by molar-refractivity contribution is 0.00461. The molecule has 2 aliphatic heterocycles. The van der Waals surface area contributed by atoms with E-state index in [1.165, 1.54) is 0 Å². The summed E-state index contributed by atoms with van der Waals surface area (Å²) >= 11 is 6.02. The first-order valence-corrected chi connectivity index (χ1v) is 8.00. The molecule has 8 heteroatoms. The average Bonchev–Trinajstić information content (AvgIpc) is 3.07. The Morgan fingerprint density at radius 1 is 1.41 bits per heavy atom. The van der Waals surface area contributed by atoms with E-state index in [1.807, 2.05) is 0 Å². The highest BCUT2D eigenvalue weighted by Crippen LogP contribution is 2.23. The van der Waals surface area contributed by atoms with Crippen molar-refractivity contribution in [2.24, 2.45) is 5.92 Å². The molecule has 7 nitrogen and oxygen atoms in total. The van der Waals surface area contributed by atoms with Crippen LogP contribution in [-0.4, -0.2) is 67.2 Å². The quantitative estimate of drug-likeness (QED) is 0.823. The highest BCUT2D eigenvalue weighted by Gasteiger charge is 2.31. The van der Waals surface area contributed by atoms with E-state index in [1.54, 1.807) is 6.20 Å². The third-order valence-electron chi connectivity index (χ3n) is 4.32. The zero-order valence-corrected chi connectivity index (χ0v) is 13.1. The first-order chi connectivity index (χ1) is 10.8. The number of morpholine rings is 1. The predicted molar refractivity (Wildman–Crippen MR) is 83.5 cm³/mol. The van der Waals surface area contributed by atoms with Crippen LogP contribution in [0, 0.1) is 5.92 Å². The van der Waals surface area contributed by atoms with E-state index >= 15 is 0 Å². The lowest BCUT2D eigenvalue weighted by atomic mass is 9.97. The van der Waals surface area contributed by atoms with E-state index in [-0.39, 0.29) is 10.6 Å². The number of ether oxygens (including phenoxy) is 2. The van der Waals surface area contributed by atoms with Gasteiger partial charge in [0.05, 0.1) is 31.7 Å². The zero-order valence-electron chi connectivity index (χ0n) is 12.4. The highest BCUT2D eigenvalue weighted by molar-refractivity contribution is 6.32. The van der Waals surface area contributed by atoms with Gasteiger partial charge >= 0.3 is 0 Å². The predicted octanol–water partition coefficient (Wildman–Crippen LogP) is 0.573. The fraction of sp³-hybridized carbons (Fsp3) is 0.714. The summed E-state index contributed by atoms with van der Waals surface area (Å²) in [5.74, 6) is 0.485. The number of halogens is 1. The van der Waals surface area contributed by atoms with Crippen molar-refractivity contribution in [2.45, 2.75) is 12.5 Å². The monoisotopic (exact) mass is 328 g/mol. The van der Waals surface area contributed by atoms with E-state index in [4.69, 9.17) is 21.1 Å². The lowest BCUT2D eigenvalue weighted by Gasteiger charge is -2.37. The minimum Gasteiger partial charge on any atom is -0.381 e. The molecule has 0 amide bonds. The first kappa shape index (κ1) is 15.7. The Hall–Kier alpha value is -1.15. The number of hydrogen-bond acceptors (Lipinski definition) is 6. The molecule has 0 unspecified atom stereocenters. The summed E-state index contributed by atoms with van der Waals surface area (Å²) in [4.78, 5) is 13.9. The second-order valence-electron chi connectivity index (χ2n) is 5.65. The van der Waals surface area contributed by atoms with Crippen LogP contribution >= 0.6 is 11.6 Å². The van der Waals surface area contributed by atoms with Crippen LogP contribution in [0.15, 0.2) is 11.0 Å². The molecule has 2 saturated heterocycles. The van der Waals surface area contributed by atoms with E-state index in [0.717, 1.165) is 45.9 Å². The summed E-state index contributed by atoms with van der Waals surface area (Å²) in [5.41, 5.74) is 0.196. The van der Waals surface area contributed by atoms with Gasteiger partial charge in [-0.15, -0.1) is 0 Å². The molecule has 1 aromatic rings. The second-order valence-corrected chi connectivity index (χ2v) is 6.03. The van der Waals surface area contributed by atoms with E-state index in [2.05, 4.69) is 20.4 Å². The fourth-order valence-corrected chi connectivity index (χ4v) is 3.24. The van der Waals surface area contributed by atoms with E-state index in [0.29, 0.717) is 24.2 Å². The zero-order chi connectivity index (χ0) is 15.4. The van der Waals surface area contributed by atoms with Crippen LogP contribution < -0.4 is 10.9 Å². The van der Waals surface area contributed by atoms with Crippen molar-refractivity contribution in [3.8, 4) is 0 Å². The molecule has 3 heterocycles. The average molecular weight is 329 g/mol. The van der Waals surface area contributed by atoms with Gasteiger partial charge in [0.25, 0.3) is 5.56 Å². The highest BCUT2D eigenvalue weighted by atomic mass is 35.5. The van der Waals surface area contributed by atoms with Crippen molar-refractivity contribution in [1.82, 2.24) is 15.1 Å². The smallest absolute Gasteiger partial charge is 0.285 e. The van der Waals surface area contributed by atoms with Gasteiger partial charge in [-0.25, -0.2) is 5.10 Å². The Morgan fingerprint density at radius 3 is 2.95 bits per heavy atom. The summed E-state index contributed by atoms with van der Waals surface area (Å²) < 4.78 is 11.0. The van der Waals surface area contributed by atoms with Gasteiger partial charge in [0.1, 0.15) is 5.02 Å². The number of rotatable bonds is 5. The third kappa shape index (κ3) is 3.60. The van der Waals surface area contributed by atoms with Gasteiger partial charge in [-0.2, -0.15) is 5.10 Å². The Morgan fingerprint density at radius 2 is 2.23 bits per heavy atom. The Kier molecular flexibility index (Phi) is 5.30. The molecule has 122 valence electrons. The molecule has 3 rings (SSSR count). The van der Waals surface area contributed by atoms with Crippen LogP contribution in [0.3, 0.4) is 0 Å². The molecule has 22 heavy (non-hydrogen) atoms. The summed E-state index contributed by atoms with van der Waals surface area (Å²) in [5, 5.41) is 9.54. The Bertz CT molecular complexity index is 541. The number of nitrogens with one attached hydrogen (secondary N) is 2. The third-order valence-corrected chi connectivity index (χ3v) is 4.70. The maximum atomic E-state index is 11.5. The fourth-order valence-electron chi connectivity index (χ4n) is 3.08. The van der Waals surface area contributed by atoms with Gasteiger partial charge in [0, 0.05) is 38.2 Å². The van der Waals surface area contributed by atoms with Crippen molar-refractivity contribution < 1.29 is 9.47 Å². The first-order valence-electron chi connectivity index (χ1n) is 7.62. The molecule has 2 N–H and O–H groups in total. The molecule has 1 aromatic heterocycles.